The number of benzene rings is 1. The maximum atomic E-state index is 14.8. The molecule has 1 aliphatic rings. The number of thiophene rings is 1. The number of halogens is 2. The van der Waals surface area contributed by atoms with Gasteiger partial charge in [0, 0.05) is 37.2 Å². The van der Waals surface area contributed by atoms with Crippen LogP contribution in [0.3, 0.4) is 0 Å². The fourth-order valence-corrected chi connectivity index (χ4v) is 5.53. The molecule has 0 unspecified atom stereocenters. The van der Waals surface area contributed by atoms with Crippen LogP contribution in [-0.2, 0) is 21.2 Å². The molecule has 1 aliphatic heterocycles. The third-order valence-corrected chi connectivity index (χ3v) is 7.51. The maximum Gasteiger partial charge on any atom is 0.275 e. The van der Waals surface area contributed by atoms with Crippen molar-refractivity contribution in [3.63, 3.8) is 0 Å². The lowest BCUT2D eigenvalue weighted by Gasteiger charge is -2.20. The fraction of sp³-hybridized carbons (Fsp3) is 0.333. The van der Waals surface area contributed by atoms with E-state index in [4.69, 9.17) is 16.7 Å². The van der Waals surface area contributed by atoms with E-state index in [1.54, 1.807) is 19.2 Å². The molecule has 1 aromatic carbocycles. The Hall–Kier alpha value is -2.47. The summed E-state index contributed by atoms with van der Waals surface area (Å²) < 4.78 is 42.4. The molecule has 0 aliphatic carbocycles. The van der Waals surface area contributed by atoms with Crippen LogP contribution < -0.4 is 9.62 Å². The molecular weight excluding hydrogens is 493 g/mol. The van der Waals surface area contributed by atoms with E-state index in [0.29, 0.717) is 17.3 Å². The number of aliphatic hydroxyl groups excluding tert-OH is 1. The molecular formula is C21H23ClFN3O5S2. The monoisotopic (exact) mass is 515 g/mol. The van der Waals surface area contributed by atoms with E-state index in [-0.39, 0.29) is 42.3 Å². The second-order valence-corrected chi connectivity index (χ2v) is 11.0. The average molecular weight is 516 g/mol. The van der Waals surface area contributed by atoms with E-state index in [1.165, 1.54) is 34.4 Å². The highest BCUT2D eigenvalue weighted by Gasteiger charge is 2.30. The zero-order chi connectivity index (χ0) is 24.2. The van der Waals surface area contributed by atoms with Crippen LogP contribution in [0.2, 0.25) is 4.34 Å². The molecule has 12 heteroatoms. The highest BCUT2D eigenvalue weighted by Crippen LogP contribution is 2.26. The predicted molar refractivity (Wildman–Crippen MR) is 125 cm³/mol. The van der Waals surface area contributed by atoms with Crippen molar-refractivity contribution < 1.29 is 27.5 Å². The van der Waals surface area contributed by atoms with Crippen molar-refractivity contribution in [2.24, 2.45) is 0 Å². The fourth-order valence-electron chi connectivity index (χ4n) is 3.22. The van der Waals surface area contributed by atoms with Gasteiger partial charge in [0.2, 0.25) is 10.0 Å². The molecule has 0 atom stereocenters. The summed E-state index contributed by atoms with van der Waals surface area (Å²) in [5, 5.41) is 8.88. The maximum absolute atomic E-state index is 14.8. The van der Waals surface area contributed by atoms with Gasteiger partial charge in [0.05, 0.1) is 15.8 Å². The number of nitrogens with zero attached hydrogens (tertiary/aromatic N) is 2. The highest BCUT2D eigenvalue weighted by atomic mass is 35.5. The second kappa shape index (κ2) is 10.6. The minimum absolute atomic E-state index is 0.0160. The standard InChI is InChI=1S/C21H23ClFN3O5S2/c1-25(9-2-11-27)20(28)14-3-5-18(16(23)13-14)26-10-7-17(21(26)29)24-33(30,31)12-8-15-4-6-19(22)32-15/h3-7,13,24,27H,2,8-12H2,1H3. The van der Waals surface area contributed by atoms with Crippen molar-refractivity contribution in [2.45, 2.75) is 12.8 Å². The Morgan fingerprint density at radius 3 is 2.73 bits per heavy atom. The summed E-state index contributed by atoms with van der Waals surface area (Å²) >= 11 is 7.13. The first-order valence-corrected chi connectivity index (χ1v) is 12.9. The van der Waals surface area contributed by atoms with Crippen molar-refractivity contribution in [3.8, 4) is 0 Å². The van der Waals surface area contributed by atoms with Crippen molar-refractivity contribution in [3.05, 3.63) is 62.7 Å². The number of carbonyl (C=O) groups excluding carboxylic acids is 2. The van der Waals surface area contributed by atoms with Crippen LogP contribution in [0.25, 0.3) is 0 Å². The summed E-state index contributed by atoms with van der Waals surface area (Å²) in [5.74, 6) is -2.11. The SMILES string of the molecule is CN(CCCO)C(=O)c1ccc(N2CC=C(NS(=O)(=O)CCc3ccc(Cl)s3)C2=O)c(F)c1. The van der Waals surface area contributed by atoms with Crippen molar-refractivity contribution >= 4 is 50.5 Å². The Labute approximate surface area is 200 Å². The van der Waals surface area contributed by atoms with Crippen molar-refractivity contribution in [1.82, 2.24) is 9.62 Å². The van der Waals surface area contributed by atoms with Gasteiger partial charge in [-0.3, -0.25) is 14.3 Å². The van der Waals surface area contributed by atoms with Crippen LogP contribution in [0, 0.1) is 5.82 Å². The third kappa shape index (κ3) is 6.32. The number of amides is 2. The van der Waals surface area contributed by atoms with Crippen molar-refractivity contribution in [2.75, 3.05) is 37.4 Å². The number of hydrogen-bond donors (Lipinski definition) is 2. The molecule has 0 spiro atoms. The molecule has 3 rings (SSSR count). The number of rotatable bonds is 10. The predicted octanol–water partition coefficient (Wildman–Crippen LogP) is 2.39. The molecule has 0 saturated heterocycles. The summed E-state index contributed by atoms with van der Waals surface area (Å²) in [7, 11) is -2.26. The quantitative estimate of drug-likeness (QED) is 0.505. The molecule has 8 nitrogen and oxygen atoms in total. The summed E-state index contributed by atoms with van der Waals surface area (Å²) in [6.45, 7) is 0.234. The first-order valence-electron chi connectivity index (χ1n) is 10.0. The van der Waals surface area contributed by atoms with Crippen LogP contribution >= 0.6 is 22.9 Å². The first-order chi connectivity index (χ1) is 15.6. The Bertz CT molecular complexity index is 1180. The van der Waals surface area contributed by atoms with Crippen LogP contribution in [0.4, 0.5) is 10.1 Å². The van der Waals surface area contributed by atoms with Crippen LogP contribution in [0.15, 0.2) is 42.1 Å². The molecule has 2 amide bonds. The number of aliphatic hydroxyl groups is 1. The van der Waals surface area contributed by atoms with Crippen LogP contribution in [0.1, 0.15) is 21.7 Å². The minimum Gasteiger partial charge on any atom is -0.396 e. The molecule has 2 aromatic rings. The van der Waals surface area contributed by atoms with Gasteiger partial charge >= 0.3 is 0 Å². The van der Waals surface area contributed by atoms with Gasteiger partial charge < -0.3 is 14.9 Å². The molecule has 2 N–H and O–H groups in total. The summed E-state index contributed by atoms with van der Waals surface area (Å²) in [4.78, 5) is 28.3. The third-order valence-electron chi connectivity index (χ3n) is 4.95. The van der Waals surface area contributed by atoms with Gasteiger partial charge in [-0.25, -0.2) is 12.8 Å². The number of anilines is 1. The van der Waals surface area contributed by atoms with Gasteiger partial charge in [-0.2, -0.15) is 0 Å². The molecule has 0 saturated carbocycles. The minimum atomic E-state index is -3.80. The second-order valence-electron chi connectivity index (χ2n) is 7.38. The lowest BCUT2D eigenvalue weighted by atomic mass is 10.1. The average Bonchev–Trinajstić information content (AvgIpc) is 3.35. The van der Waals surface area contributed by atoms with Gasteiger partial charge in [-0.05, 0) is 49.2 Å². The van der Waals surface area contributed by atoms with Crippen LogP contribution in [0.5, 0.6) is 0 Å². The Balaban J connectivity index is 1.64. The number of aryl methyl sites for hydroxylation is 1. The number of hydrogen-bond acceptors (Lipinski definition) is 6. The van der Waals surface area contributed by atoms with Gasteiger partial charge in [0.1, 0.15) is 11.5 Å². The zero-order valence-electron chi connectivity index (χ0n) is 17.8. The van der Waals surface area contributed by atoms with Crippen LogP contribution in [-0.4, -0.2) is 62.7 Å². The highest BCUT2D eigenvalue weighted by molar-refractivity contribution is 7.89. The van der Waals surface area contributed by atoms with Gasteiger partial charge in [-0.15, -0.1) is 11.3 Å². The molecule has 0 fully saturated rings. The smallest absolute Gasteiger partial charge is 0.275 e. The van der Waals surface area contributed by atoms with E-state index >= 15 is 0 Å². The zero-order valence-corrected chi connectivity index (χ0v) is 20.1. The number of nitrogens with one attached hydrogen (secondary N) is 1. The summed E-state index contributed by atoms with van der Waals surface area (Å²) in [5.41, 5.74) is -0.110. The lowest BCUT2D eigenvalue weighted by molar-refractivity contribution is -0.114. The van der Waals surface area contributed by atoms with E-state index < -0.39 is 27.7 Å². The van der Waals surface area contributed by atoms with E-state index in [2.05, 4.69) is 4.72 Å². The normalized spacial score (nSPS) is 13.9. The largest absolute Gasteiger partial charge is 0.396 e. The molecule has 2 heterocycles. The molecule has 178 valence electrons. The Morgan fingerprint density at radius 1 is 1.33 bits per heavy atom. The van der Waals surface area contributed by atoms with E-state index in [0.717, 1.165) is 15.8 Å². The van der Waals surface area contributed by atoms with Gasteiger partial charge in [0.15, 0.2) is 0 Å². The van der Waals surface area contributed by atoms with Gasteiger partial charge in [0.25, 0.3) is 11.8 Å². The van der Waals surface area contributed by atoms with Crippen molar-refractivity contribution in [1.29, 1.82) is 0 Å². The first kappa shape index (κ1) is 25.2. The molecule has 33 heavy (non-hydrogen) atoms. The Kier molecular flexibility index (Phi) is 8.11. The summed E-state index contributed by atoms with van der Waals surface area (Å²) in [6.07, 6.45) is 2.02. The number of sulfonamides is 1. The van der Waals surface area contributed by atoms with E-state index in [1.807, 2.05) is 0 Å². The molecule has 0 radical (unpaired) electrons. The summed E-state index contributed by atoms with van der Waals surface area (Å²) in [6, 6.07) is 7.17. The number of carbonyl (C=O) groups is 2. The lowest BCUT2D eigenvalue weighted by Crippen LogP contribution is -2.35. The van der Waals surface area contributed by atoms with Gasteiger partial charge in [-0.1, -0.05) is 11.6 Å². The Morgan fingerprint density at radius 2 is 2.09 bits per heavy atom. The molecule has 0 bridgehead atoms. The topological polar surface area (TPSA) is 107 Å². The molecule has 1 aromatic heterocycles. The van der Waals surface area contributed by atoms with E-state index in [9.17, 15) is 22.4 Å².